The molecule has 152 valence electrons. The summed E-state index contributed by atoms with van der Waals surface area (Å²) in [6.07, 6.45) is 0. The number of nitrogens with zero attached hydrogens (tertiary/aromatic N) is 1. The minimum atomic E-state index is 0.318. The third-order valence-corrected chi connectivity index (χ3v) is 5.21. The van der Waals surface area contributed by atoms with Gasteiger partial charge in [-0.05, 0) is 63.1 Å². The summed E-state index contributed by atoms with van der Waals surface area (Å²) in [4.78, 5) is 2.15. The molecule has 3 rings (SSSR count). The second kappa shape index (κ2) is 8.48. The molecule has 0 aliphatic heterocycles. The van der Waals surface area contributed by atoms with E-state index in [1.165, 1.54) is 0 Å². The molecule has 0 unspecified atom stereocenters. The summed E-state index contributed by atoms with van der Waals surface area (Å²) < 4.78 is 5.29. The molecule has 4 heteroatoms. The minimum Gasteiger partial charge on any atom is -0.507 e. The van der Waals surface area contributed by atoms with Crippen molar-refractivity contribution in [1.82, 2.24) is 0 Å². The van der Waals surface area contributed by atoms with E-state index in [0.717, 1.165) is 44.8 Å². The van der Waals surface area contributed by atoms with Crippen molar-refractivity contribution in [2.45, 2.75) is 40.8 Å². The molecule has 0 aliphatic rings. The Morgan fingerprint density at radius 1 is 0.724 bits per heavy atom. The lowest BCUT2D eigenvalue weighted by atomic mass is 10.0. The molecule has 2 N–H and O–H groups in total. The van der Waals surface area contributed by atoms with E-state index in [4.69, 9.17) is 4.74 Å². The molecule has 0 heterocycles. The van der Waals surface area contributed by atoms with Crippen LogP contribution in [0.25, 0.3) is 0 Å². The third kappa shape index (κ3) is 4.65. The molecule has 0 aliphatic carbocycles. The van der Waals surface area contributed by atoms with Crippen molar-refractivity contribution >= 4 is 5.69 Å². The number of ether oxygens (including phenoxy) is 1. The molecular formula is C25H29NO3. The van der Waals surface area contributed by atoms with Gasteiger partial charge in [0.15, 0.2) is 0 Å². The molecule has 0 saturated carbocycles. The Kier molecular flexibility index (Phi) is 6.02. The highest BCUT2D eigenvalue weighted by Gasteiger charge is 2.16. The van der Waals surface area contributed by atoms with E-state index in [9.17, 15) is 10.2 Å². The van der Waals surface area contributed by atoms with E-state index in [0.29, 0.717) is 24.6 Å². The number of hydrogen-bond donors (Lipinski definition) is 2. The van der Waals surface area contributed by atoms with Crippen LogP contribution in [-0.2, 0) is 13.1 Å². The Bertz CT molecular complexity index is 950. The Labute approximate surface area is 173 Å². The zero-order valence-electron chi connectivity index (χ0n) is 17.8. The van der Waals surface area contributed by atoms with Crippen molar-refractivity contribution in [3.63, 3.8) is 0 Å². The van der Waals surface area contributed by atoms with E-state index < -0.39 is 0 Å². The molecule has 3 aromatic rings. The van der Waals surface area contributed by atoms with Crippen LogP contribution in [0, 0.1) is 27.7 Å². The fourth-order valence-corrected chi connectivity index (χ4v) is 3.78. The van der Waals surface area contributed by atoms with E-state index in [1.807, 2.05) is 76.2 Å². The SMILES string of the molecule is COc1ccc(N(Cc2cc(C)cc(C)c2O)Cc2cc(C)cc(C)c2O)cc1. The molecule has 0 spiro atoms. The second-order valence-electron chi connectivity index (χ2n) is 7.73. The maximum Gasteiger partial charge on any atom is 0.123 e. The molecule has 0 atom stereocenters. The van der Waals surface area contributed by atoms with Gasteiger partial charge >= 0.3 is 0 Å². The zero-order valence-corrected chi connectivity index (χ0v) is 17.8. The van der Waals surface area contributed by atoms with Gasteiger partial charge < -0.3 is 19.8 Å². The summed E-state index contributed by atoms with van der Waals surface area (Å²) in [6, 6.07) is 15.8. The number of benzene rings is 3. The maximum absolute atomic E-state index is 10.6. The highest BCUT2D eigenvalue weighted by molar-refractivity contribution is 5.54. The first-order chi connectivity index (χ1) is 13.8. The normalized spacial score (nSPS) is 10.8. The number of anilines is 1. The lowest BCUT2D eigenvalue weighted by Crippen LogP contribution is -2.22. The average Bonchev–Trinajstić information content (AvgIpc) is 2.68. The van der Waals surface area contributed by atoms with Crippen molar-refractivity contribution in [2.75, 3.05) is 12.0 Å². The molecule has 0 amide bonds. The number of phenols is 2. The molecule has 3 aromatic carbocycles. The van der Waals surface area contributed by atoms with Crippen LogP contribution in [0.3, 0.4) is 0 Å². The van der Waals surface area contributed by atoms with Crippen molar-refractivity contribution in [2.24, 2.45) is 0 Å². The van der Waals surface area contributed by atoms with Gasteiger partial charge in [-0.25, -0.2) is 0 Å². The monoisotopic (exact) mass is 391 g/mol. The van der Waals surface area contributed by atoms with Crippen LogP contribution in [-0.4, -0.2) is 17.3 Å². The van der Waals surface area contributed by atoms with Crippen LogP contribution in [0.15, 0.2) is 48.5 Å². The standard InChI is InChI=1S/C25H29NO3/c1-16-10-18(3)24(27)20(12-16)14-26(22-6-8-23(29-5)9-7-22)15-21-13-17(2)11-19(4)25(21)28/h6-13,27-28H,14-15H2,1-5H3. The lowest BCUT2D eigenvalue weighted by molar-refractivity contribution is 0.415. The fraction of sp³-hybridized carbons (Fsp3) is 0.280. The van der Waals surface area contributed by atoms with Gasteiger partial charge in [0.25, 0.3) is 0 Å². The minimum absolute atomic E-state index is 0.318. The summed E-state index contributed by atoms with van der Waals surface area (Å²) >= 11 is 0. The molecule has 0 saturated heterocycles. The van der Waals surface area contributed by atoms with Crippen LogP contribution in [0.1, 0.15) is 33.4 Å². The molecule has 0 fully saturated rings. The van der Waals surface area contributed by atoms with Crippen LogP contribution >= 0.6 is 0 Å². The predicted octanol–water partition coefficient (Wildman–Crippen LogP) is 5.55. The second-order valence-corrected chi connectivity index (χ2v) is 7.73. The highest BCUT2D eigenvalue weighted by Crippen LogP contribution is 2.31. The summed E-state index contributed by atoms with van der Waals surface area (Å²) in [5.74, 6) is 1.43. The van der Waals surface area contributed by atoms with Crippen molar-refractivity contribution in [3.05, 3.63) is 81.9 Å². The number of methoxy groups -OCH3 is 1. The number of aromatic hydroxyl groups is 2. The van der Waals surface area contributed by atoms with E-state index in [2.05, 4.69) is 4.90 Å². The average molecular weight is 392 g/mol. The Hall–Kier alpha value is -3.14. The lowest BCUT2D eigenvalue weighted by Gasteiger charge is -2.27. The van der Waals surface area contributed by atoms with E-state index >= 15 is 0 Å². The number of aryl methyl sites for hydroxylation is 4. The highest BCUT2D eigenvalue weighted by atomic mass is 16.5. The first-order valence-corrected chi connectivity index (χ1v) is 9.75. The first kappa shape index (κ1) is 20.6. The van der Waals surface area contributed by atoms with E-state index in [-0.39, 0.29) is 0 Å². The molecule has 0 bridgehead atoms. The number of phenolic OH excluding ortho intramolecular Hbond substituents is 2. The summed E-state index contributed by atoms with van der Waals surface area (Å²) in [7, 11) is 1.65. The summed E-state index contributed by atoms with van der Waals surface area (Å²) in [5, 5.41) is 21.2. The van der Waals surface area contributed by atoms with Gasteiger partial charge in [-0.1, -0.05) is 35.4 Å². The Morgan fingerprint density at radius 3 is 1.59 bits per heavy atom. The van der Waals surface area contributed by atoms with Crippen LogP contribution in [0.2, 0.25) is 0 Å². The van der Waals surface area contributed by atoms with Crippen molar-refractivity contribution in [1.29, 1.82) is 0 Å². The van der Waals surface area contributed by atoms with Gasteiger partial charge in [-0.2, -0.15) is 0 Å². The van der Waals surface area contributed by atoms with E-state index in [1.54, 1.807) is 7.11 Å². The molecule has 0 aromatic heterocycles. The van der Waals surface area contributed by atoms with Gasteiger partial charge in [0.2, 0.25) is 0 Å². The zero-order chi connectivity index (χ0) is 21.1. The summed E-state index contributed by atoms with van der Waals surface area (Å²) in [5.41, 5.74) is 6.67. The van der Waals surface area contributed by atoms with Crippen LogP contribution < -0.4 is 9.64 Å². The van der Waals surface area contributed by atoms with Gasteiger partial charge in [0.05, 0.1) is 7.11 Å². The molecule has 0 radical (unpaired) electrons. The van der Waals surface area contributed by atoms with Crippen molar-refractivity contribution < 1.29 is 14.9 Å². The predicted molar refractivity (Wildman–Crippen MR) is 118 cm³/mol. The topological polar surface area (TPSA) is 52.9 Å². The number of rotatable bonds is 6. The fourth-order valence-electron chi connectivity index (χ4n) is 3.78. The van der Waals surface area contributed by atoms with Gasteiger partial charge in [0.1, 0.15) is 17.2 Å². The van der Waals surface area contributed by atoms with Gasteiger partial charge in [-0.15, -0.1) is 0 Å². The number of hydrogen-bond acceptors (Lipinski definition) is 4. The molecule has 29 heavy (non-hydrogen) atoms. The summed E-state index contributed by atoms with van der Waals surface area (Å²) in [6.45, 7) is 8.94. The van der Waals surface area contributed by atoms with Crippen LogP contribution in [0.5, 0.6) is 17.2 Å². The smallest absolute Gasteiger partial charge is 0.123 e. The Morgan fingerprint density at radius 2 is 1.17 bits per heavy atom. The Balaban J connectivity index is 2.02. The third-order valence-electron chi connectivity index (χ3n) is 5.21. The quantitative estimate of drug-likeness (QED) is 0.579. The van der Waals surface area contributed by atoms with Gasteiger partial charge in [0, 0.05) is 29.9 Å². The largest absolute Gasteiger partial charge is 0.507 e. The van der Waals surface area contributed by atoms with Crippen LogP contribution in [0.4, 0.5) is 5.69 Å². The van der Waals surface area contributed by atoms with Crippen molar-refractivity contribution in [3.8, 4) is 17.2 Å². The maximum atomic E-state index is 10.6. The molecular weight excluding hydrogens is 362 g/mol. The van der Waals surface area contributed by atoms with Gasteiger partial charge in [-0.3, -0.25) is 0 Å². The molecule has 4 nitrogen and oxygen atoms in total. The first-order valence-electron chi connectivity index (χ1n) is 9.75.